The summed E-state index contributed by atoms with van der Waals surface area (Å²) in [6, 6.07) is -0.127. The highest BCUT2D eigenvalue weighted by Crippen LogP contribution is 2.05. The third-order valence-corrected chi connectivity index (χ3v) is 4.43. The van der Waals surface area contributed by atoms with E-state index < -0.39 is 9.84 Å². The summed E-state index contributed by atoms with van der Waals surface area (Å²) >= 11 is 0. The van der Waals surface area contributed by atoms with Crippen molar-refractivity contribution in [2.24, 2.45) is 0 Å². The maximum atomic E-state index is 11.6. The fourth-order valence-corrected chi connectivity index (χ4v) is 2.39. The van der Waals surface area contributed by atoms with Gasteiger partial charge in [-0.3, -0.25) is 0 Å². The first-order valence-electron chi connectivity index (χ1n) is 4.99. The summed E-state index contributed by atoms with van der Waals surface area (Å²) in [5, 5.41) is 11.5. The predicted molar refractivity (Wildman–Crippen MR) is 58.1 cm³/mol. The van der Waals surface area contributed by atoms with Crippen LogP contribution in [-0.4, -0.2) is 43.7 Å². The van der Waals surface area contributed by atoms with Crippen LogP contribution in [0.5, 0.6) is 0 Å². The lowest BCUT2D eigenvalue weighted by molar-refractivity contribution is 0.270. The van der Waals surface area contributed by atoms with Gasteiger partial charge in [0.2, 0.25) is 0 Å². The minimum absolute atomic E-state index is 0.0191. The number of hydrogen-bond acceptors (Lipinski definition) is 4. The number of aliphatic hydroxyl groups excluding tert-OH is 1. The fourth-order valence-electron chi connectivity index (χ4n) is 1.16. The van der Waals surface area contributed by atoms with Crippen molar-refractivity contribution in [1.29, 1.82) is 0 Å². The first-order valence-corrected chi connectivity index (χ1v) is 6.71. The second-order valence-corrected chi connectivity index (χ2v) is 6.25. The van der Waals surface area contributed by atoms with Crippen molar-refractivity contribution in [2.75, 3.05) is 18.9 Å². The van der Waals surface area contributed by atoms with E-state index >= 15 is 0 Å². The zero-order chi connectivity index (χ0) is 11.2. The molecule has 14 heavy (non-hydrogen) atoms. The van der Waals surface area contributed by atoms with Crippen molar-refractivity contribution in [3.05, 3.63) is 0 Å². The Bertz CT molecular complexity index is 230. The molecule has 0 aromatic rings. The number of aliphatic hydroxyl groups is 1. The van der Waals surface area contributed by atoms with Gasteiger partial charge in [-0.25, -0.2) is 8.42 Å². The molecule has 0 aromatic carbocycles. The number of sulfone groups is 1. The highest BCUT2D eigenvalue weighted by molar-refractivity contribution is 7.92. The van der Waals surface area contributed by atoms with E-state index in [0.29, 0.717) is 6.42 Å². The van der Waals surface area contributed by atoms with Gasteiger partial charge in [0.05, 0.1) is 11.0 Å². The molecule has 1 unspecified atom stereocenters. The maximum Gasteiger partial charge on any atom is 0.154 e. The molecule has 0 amide bonds. The Morgan fingerprint density at radius 1 is 1.36 bits per heavy atom. The second-order valence-electron chi connectivity index (χ2n) is 3.65. The van der Waals surface area contributed by atoms with E-state index in [1.807, 2.05) is 6.92 Å². The molecule has 4 nitrogen and oxygen atoms in total. The lowest BCUT2D eigenvalue weighted by Crippen LogP contribution is -2.38. The first-order chi connectivity index (χ1) is 6.44. The van der Waals surface area contributed by atoms with E-state index in [-0.39, 0.29) is 23.7 Å². The highest BCUT2D eigenvalue weighted by Gasteiger charge is 2.21. The van der Waals surface area contributed by atoms with E-state index in [1.54, 1.807) is 13.8 Å². The third kappa shape index (κ3) is 4.93. The summed E-state index contributed by atoms with van der Waals surface area (Å²) in [4.78, 5) is 0. The van der Waals surface area contributed by atoms with Gasteiger partial charge in [-0.2, -0.15) is 0 Å². The van der Waals surface area contributed by atoms with Crippen molar-refractivity contribution in [2.45, 2.75) is 38.5 Å². The van der Waals surface area contributed by atoms with Crippen LogP contribution in [0.25, 0.3) is 0 Å². The quantitative estimate of drug-likeness (QED) is 0.646. The lowest BCUT2D eigenvalue weighted by Gasteiger charge is -2.18. The number of nitrogens with one attached hydrogen (secondary N) is 1. The van der Waals surface area contributed by atoms with Gasteiger partial charge in [0.25, 0.3) is 0 Å². The molecule has 0 heterocycles. The van der Waals surface area contributed by atoms with Crippen molar-refractivity contribution >= 4 is 9.84 Å². The van der Waals surface area contributed by atoms with Gasteiger partial charge < -0.3 is 10.4 Å². The highest BCUT2D eigenvalue weighted by atomic mass is 32.2. The largest absolute Gasteiger partial charge is 0.396 e. The molecule has 0 radical (unpaired) electrons. The average molecular weight is 223 g/mol. The Kier molecular flexibility index (Phi) is 6.31. The van der Waals surface area contributed by atoms with Gasteiger partial charge in [0.1, 0.15) is 0 Å². The van der Waals surface area contributed by atoms with Crippen LogP contribution in [0.15, 0.2) is 0 Å². The van der Waals surface area contributed by atoms with Crippen LogP contribution in [0.2, 0.25) is 0 Å². The summed E-state index contributed by atoms with van der Waals surface area (Å²) in [5.74, 6) is 0.110. The molecule has 0 spiro atoms. The molecule has 2 N–H and O–H groups in total. The van der Waals surface area contributed by atoms with Gasteiger partial charge >= 0.3 is 0 Å². The minimum atomic E-state index is -3.02. The second kappa shape index (κ2) is 6.37. The summed E-state index contributed by atoms with van der Waals surface area (Å²) < 4.78 is 23.1. The molecule has 0 aliphatic rings. The standard InChI is InChI=1S/C9H21NO3S/c1-4-10-9(5-6-11)7-14(12,13)8(2)3/h8-11H,4-7H2,1-3H3. The number of rotatable bonds is 7. The van der Waals surface area contributed by atoms with Crippen LogP contribution in [0, 0.1) is 0 Å². The number of hydrogen-bond donors (Lipinski definition) is 2. The molecule has 0 bridgehead atoms. The van der Waals surface area contributed by atoms with Crippen LogP contribution in [-0.2, 0) is 9.84 Å². The molecule has 0 saturated carbocycles. The Labute approximate surface area is 86.6 Å². The lowest BCUT2D eigenvalue weighted by atomic mass is 10.2. The Morgan fingerprint density at radius 3 is 2.29 bits per heavy atom. The van der Waals surface area contributed by atoms with Crippen LogP contribution in [0.1, 0.15) is 27.2 Å². The van der Waals surface area contributed by atoms with E-state index in [1.165, 1.54) is 0 Å². The molecule has 0 rings (SSSR count). The molecule has 0 aliphatic carbocycles. The van der Waals surface area contributed by atoms with Crippen molar-refractivity contribution in [1.82, 2.24) is 5.32 Å². The Morgan fingerprint density at radius 2 is 1.93 bits per heavy atom. The predicted octanol–water partition coefficient (Wildman–Crippen LogP) is 0.170. The smallest absolute Gasteiger partial charge is 0.154 e. The summed E-state index contributed by atoms with van der Waals surface area (Å²) in [7, 11) is -3.02. The SMILES string of the molecule is CCNC(CCO)CS(=O)(=O)C(C)C. The van der Waals surface area contributed by atoms with Crippen molar-refractivity contribution in [3.63, 3.8) is 0 Å². The molecule has 0 aromatic heterocycles. The Balaban J connectivity index is 4.28. The van der Waals surface area contributed by atoms with Crippen LogP contribution >= 0.6 is 0 Å². The monoisotopic (exact) mass is 223 g/mol. The van der Waals surface area contributed by atoms with E-state index in [4.69, 9.17) is 5.11 Å². The van der Waals surface area contributed by atoms with Gasteiger partial charge in [-0.05, 0) is 26.8 Å². The van der Waals surface area contributed by atoms with E-state index in [0.717, 1.165) is 6.54 Å². The molecule has 0 saturated heterocycles. The molecular formula is C9H21NO3S. The minimum Gasteiger partial charge on any atom is -0.396 e. The first kappa shape index (κ1) is 13.9. The van der Waals surface area contributed by atoms with Crippen LogP contribution in [0.4, 0.5) is 0 Å². The molecule has 1 atom stereocenters. The zero-order valence-corrected chi connectivity index (χ0v) is 9.97. The van der Waals surface area contributed by atoms with E-state index in [9.17, 15) is 8.42 Å². The van der Waals surface area contributed by atoms with Crippen molar-refractivity contribution in [3.8, 4) is 0 Å². The molecule has 0 aliphatic heterocycles. The van der Waals surface area contributed by atoms with Gasteiger partial charge in [-0.1, -0.05) is 6.92 Å². The zero-order valence-electron chi connectivity index (χ0n) is 9.16. The normalized spacial score (nSPS) is 14.6. The van der Waals surface area contributed by atoms with Gasteiger partial charge in [0, 0.05) is 12.6 Å². The summed E-state index contributed by atoms with van der Waals surface area (Å²) in [6.45, 7) is 6.02. The average Bonchev–Trinajstić information content (AvgIpc) is 2.04. The van der Waals surface area contributed by atoms with Crippen LogP contribution in [0.3, 0.4) is 0 Å². The molecule has 86 valence electrons. The molecule has 5 heteroatoms. The third-order valence-electron chi connectivity index (χ3n) is 2.12. The van der Waals surface area contributed by atoms with Crippen LogP contribution < -0.4 is 5.32 Å². The topological polar surface area (TPSA) is 66.4 Å². The van der Waals surface area contributed by atoms with Gasteiger partial charge in [0.15, 0.2) is 9.84 Å². The van der Waals surface area contributed by atoms with Crippen molar-refractivity contribution < 1.29 is 13.5 Å². The van der Waals surface area contributed by atoms with Gasteiger partial charge in [-0.15, -0.1) is 0 Å². The molecule has 0 fully saturated rings. The maximum absolute atomic E-state index is 11.6. The summed E-state index contributed by atoms with van der Waals surface area (Å²) in [6.07, 6.45) is 0.486. The fraction of sp³-hybridized carbons (Fsp3) is 1.00. The molecular weight excluding hydrogens is 202 g/mol. The Hall–Kier alpha value is -0.130. The van der Waals surface area contributed by atoms with E-state index in [2.05, 4.69) is 5.32 Å². The summed E-state index contributed by atoms with van der Waals surface area (Å²) in [5.41, 5.74) is 0.